The number of piperidine rings is 1. The van der Waals surface area contributed by atoms with Gasteiger partial charge in [-0.2, -0.15) is 0 Å². The Bertz CT molecular complexity index is 1490. The van der Waals surface area contributed by atoms with Crippen LogP contribution in [-0.2, 0) is 5.54 Å². The van der Waals surface area contributed by atoms with Gasteiger partial charge in [0.15, 0.2) is 10.8 Å². The second-order valence-electron chi connectivity index (χ2n) is 10.4. The number of aromatic nitrogens is 4. The van der Waals surface area contributed by atoms with Gasteiger partial charge < -0.3 is 15.4 Å². The van der Waals surface area contributed by atoms with E-state index in [2.05, 4.69) is 15.0 Å². The van der Waals surface area contributed by atoms with Crippen LogP contribution in [0.3, 0.4) is 0 Å². The molecule has 38 heavy (non-hydrogen) atoms. The zero-order valence-corrected chi connectivity index (χ0v) is 22.1. The Hall–Kier alpha value is -3.76. The Morgan fingerprint density at radius 2 is 1.79 bits per heavy atom. The number of carbonyl (C=O) groups is 1. The second-order valence-corrected chi connectivity index (χ2v) is 11.4. The number of hydrogen-bond acceptors (Lipinski definition) is 8. The predicted molar refractivity (Wildman–Crippen MR) is 142 cm³/mol. The number of nitrogens with two attached hydrogens (primary N) is 1. The van der Waals surface area contributed by atoms with Gasteiger partial charge in [0.1, 0.15) is 22.5 Å². The van der Waals surface area contributed by atoms with Crippen LogP contribution in [0.1, 0.15) is 34.9 Å². The van der Waals surface area contributed by atoms with Crippen molar-refractivity contribution in [2.75, 3.05) is 13.1 Å². The maximum absolute atomic E-state index is 13.5. The molecule has 0 bridgehead atoms. The number of benzene rings is 1. The lowest BCUT2D eigenvalue weighted by molar-refractivity contribution is 0.0756. The van der Waals surface area contributed by atoms with Gasteiger partial charge in [0, 0.05) is 55.0 Å². The van der Waals surface area contributed by atoms with E-state index in [9.17, 15) is 9.18 Å². The highest BCUT2D eigenvalue weighted by Gasteiger charge is 2.59. The monoisotopic (exact) mass is 530 g/mol. The maximum Gasteiger partial charge on any atom is 0.265 e. The minimum absolute atomic E-state index is 0.0113. The summed E-state index contributed by atoms with van der Waals surface area (Å²) in [5.41, 5.74) is 8.53. The summed E-state index contributed by atoms with van der Waals surface area (Å²) in [5.74, 6) is 1.42. The molecule has 3 aromatic heterocycles. The first-order valence-electron chi connectivity index (χ1n) is 12.5. The van der Waals surface area contributed by atoms with Gasteiger partial charge in [0.2, 0.25) is 0 Å². The van der Waals surface area contributed by atoms with Gasteiger partial charge >= 0.3 is 0 Å². The number of pyridine rings is 1. The SMILES string of the molecule is Cc1nc(-c2ncccn2)sc1C(=O)N1CC2C(Oc3cc(-c4ccc(F)cc4)nc(C(C)(C)N)c3)[C@@H]2C1. The molecule has 1 aromatic carbocycles. The van der Waals surface area contributed by atoms with Gasteiger partial charge in [0.25, 0.3) is 5.91 Å². The zero-order chi connectivity index (χ0) is 26.6. The fourth-order valence-electron chi connectivity index (χ4n) is 4.89. The number of thiazole rings is 1. The highest BCUT2D eigenvalue weighted by molar-refractivity contribution is 7.17. The Labute approximate surface area is 223 Å². The lowest BCUT2D eigenvalue weighted by Gasteiger charge is -2.22. The van der Waals surface area contributed by atoms with E-state index in [4.69, 9.17) is 15.5 Å². The molecule has 4 aromatic rings. The van der Waals surface area contributed by atoms with Crippen LogP contribution in [0.4, 0.5) is 4.39 Å². The van der Waals surface area contributed by atoms with Crippen molar-refractivity contribution in [1.29, 1.82) is 0 Å². The Kier molecular flexibility index (Phi) is 5.96. The quantitative estimate of drug-likeness (QED) is 0.392. The van der Waals surface area contributed by atoms with E-state index in [1.807, 2.05) is 37.8 Å². The lowest BCUT2D eigenvalue weighted by Crippen LogP contribution is -2.33. The minimum Gasteiger partial charge on any atom is -0.490 e. The van der Waals surface area contributed by atoms with Gasteiger partial charge in [-0.25, -0.2) is 19.3 Å². The maximum atomic E-state index is 13.5. The molecule has 8 nitrogen and oxygen atoms in total. The van der Waals surface area contributed by atoms with Crippen LogP contribution in [0.15, 0.2) is 54.9 Å². The number of halogens is 1. The lowest BCUT2D eigenvalue weighted by atomic mass is 10.00. The summed E-state index contributed by atoms with van der Waals surface area (Å²) >= 11 is 1.33. The molecule has 194 valence electrons. The fraction of sp³-hybridized carbons (Fsp3) is 0.321. The van der Waals surface area contributed by atoms with E-state index in [1.54, 1.807) is 30.6 Å². The Balaban J connectivity index is 1.16. The molecule has 2 N–H and O–H groups in total. The van der Waals surface area contributed by atoms with Crippen LogP contribution >= 0.6 is 11.3 Å². The zero-order valence-electron chi connectivity index (χ0n) is 21.3. The van der Waals surface area contributed by atoms with Crippen LogP contribution in [0.2, 0.25) is 0 Å². The molecule has 10 heteroatoms. The van der Waals surface area contributed by atoms with Crippen molar-refractivity contribution in [1.82, 2.24) is 24.8 Å². The van der Waals surface area contributed by atoms with Gasteiger partial charge in [-0.3, -0.25) is 9.78 Å². The molecule has 1 amide bonds. The van der Waals surface area contributed by atoms with Crippen molar-refractivity contribution in [3.63, 3.8) is 0 Å². The molecule has 1 aliphatic heterocycles. The largest absolute Gasteiger partial charge is 0.490 e. The van der Waals surface area contributed by atoms with E-state index in [0.717, 1.165) is 5.56 Å². The van der Waals surface area contributed by atoms with Crippen LogP contribution in [0, 0.1) is 24.6 Å². The summed E-state index contributed by atoms with van der Waals surface area (Å²) in [7, 11) is 0. The molecule has 2 aliphatic rings. The van der Waals surface area contributed by atoms with E-state index in [-0.39, 0.29) is 29.7 Å². The minimum atomic E-state index is -0.674. The molecule has 2 fully saturated rings. The topological polar surface area (TPSA) is 107 Å². The number of amides is 1. The standard InChI is InChI=1S/C28H27FN6O2S/c1-15-24(38-26(33-15)25-31-9-4-10-32-25)27(36)35-13-19-20(14-35)23(19)37-18-11-21(16-5-7-17(29)8-6-16)34-22(12-18)28(2,3)30/h4-12,19-20,23H,13-14,30H2,1-3H3/t19-,20?,23?/m1/s1. The van der Waals surface area contributed by atoms with E-state index in [1.165, 1.54) is 23.5 Å². The summed E-state index contributed by atoms with van der Waals surface area (Å²) in [4.78, 5) is 33.5. The molecule has 4 heterocycles. The third-order valence-corrected chi connectivity index (χ3v) is 8.16. The normalized spacial score (nSPS) is 20.3. The summed E-state index contributed by atoms with van der Waals surface area (Å²) < 4.78 is 19.9. The number of aryl methyl sites for hydroxylation is 1. The molecule has 1 saturated heterocycles. The number of rotatable bonds is 6. The highest BCUT2D eigenvalue weighted by Crippen LogP contribution is 2.49. The Morgan fingerprint density at radius 3 is 2.45 bits per heavy atom. The number of hydrogen-bond donors (Lipinski definition) is 1. The van der Waals surface area contributed by atoms with Crippen LogP contribution in [0.25, 0.3) is 22.1 Å². The fourth-order valence-corrected chi connectivity index (χ4v) is 5.87. The summed E-state index contributed by atoms with van der Waals surface area (Å²) in [6.07, 6.45) is 3.35. The molecule has 1 aliphatic carbocycles. The number of ether oxygens (including phenoxy) is 1. The van der Waals surface area contributed by atoms with E-state index >= 15 is 0 Å². The Morgan fingerprint density at radius 1 is 1.11 bits per heavy atom. The van der Waals surface area contributed by atoms with E-state index in [0.29, 0.717) is 51.6 Å². The molecule has 2 unspecified atom stereocenters. The van der Waals surface area contributed by atoms with Crippen molar-refractivity contribution >= 4 is 17.2 Å². The third-order valence-electron chi connectivity index (χ3n) is 7.02. The molecular formula is C28H27FN6O2S. The van der Waals surface area contributed by atoms with Gasteiger partial charge in [-0.1, -0.05) is 0 Å². The predicted octanol–water partition coefficient (Wildman–Crippen LogP) is 4.45. The van der Waals surface area contributed by atoms with Crippen molar-refractivity contribution in [3.05, 3.63) is 76.9 Å². The average molecular weight is 531 g/mol. The van der Waals surface area contributed by atoms with Crippen molar-refractivity contribution in [2.24, 2.45) is 17.6 Å². The molecular weight excluding hydrogens is 503 g/mol. The van der Waals surface area contributed by atoms with Crippen molar-refractivity contribution < 1.29 is 13.9 Å². The van der Waals surface area contributed by atoms with Gasteiger partial charge in [0.05, 0.1) is 22.6 Å². The van der Waals surface area contributed by atoms with Crippen LogP contribution < -0.4 is 10.5 Å². The van der Waals surface area contributed by atoms with Gasteiger partial charge in [-0.15, -0.1) is 11.3 Å². The second kappa shape index (κ2) is 9.21. The van der Waals surface area contributed by atoms with Crippen LogP contribution in [-0.4, -0.2) is 49.9 Å². The molecule has 1 saturated carbocycles. The van der Waals surface area contributed by atoms with E-state index < -0.39 is 5.54 Å². The highest BCUT2D eigenvalue weighted by atomic mass is 32.1. The first-order valence-corrected chi connectivity index (χ1v) is 13.3. The van der Waals surface area contributed by atoms with Gasteiger partial charge in [-0.05, 0) is 51.1 Å². The molecule has 6 rings (SSSR count). The van der Waals surface area contributed by atoms with Crippen molar-refractivity contribution in [3.8, 4) is 27.8 Å². The number of carbonyl (C=O) groups excluding carboxylic acids is 1. The summed E-state index contributed by atoms with van der Waals surface area (Å²) in [6.45, 7) is 6.89. The first-order chi connectivity index (χ1) is 18.2. The molecule has 0 radical (unpaired) electrons. The van der Waals surface area contributed by atoms with Crippen LogP contribution in [0.5, 0.6) is 5.75 Å². The summed E-state index contributed by atoms with van der Waals surface area (Å²) in [6, 6.07) is 11.7. The summed E-state index contributed by atoms with van der Waals surface area (Å²) in [5, 5.41) is 0.644. The first kappa shape index (κ1) is 24.6. The number of likely N-dealkylation sites (tertiary alicyclic amines) is 1. The average Bonchev–Trinajstić information content (AvgIpc) is 3.22. The molecule has 3 atom stereocenters. The molecule has 0 spiro atoms. The van der Waals surface area contributed by atoms with Crippen molar-refractivity contribution in [2.45, 2.75) is 32.4 Å². The smallest absolute Gasteiger partial charge is 0.265 e. The number of nitrogens with zero attached hydrogens (tertiary/aromatic N) is 5. The number of fused-ring (bicyclic) bond motifs is 1. The third kappa shape index (κ3) is 4.65.